The Labute approximate surface area is 178 Å². The van der Waals surface area contributed by atoms with Crippen LogP contribution in [0, 0.1) is 5.82 Å². The molecule has 2 aromatic rings. The molecule has 2 aliphatic rings. The fourth-order valence-electron chi connectivity index (χ4n) is 3.60. The SMILES string of the molecule is O=C(Nc1ccc(OC2CC(F)(F)C2)c(F)c1)c1nc(N2CCCC2)oc1CC(F)(F)F. The van der Waals surface area contributed by atoms with Crippen LogP contribution < -0.4 is 15.0 Å². The van der Waals surface area contributed by atoms with Gasteiger partial charge in [-0.2, -0.15) is 18.2 Å². The van der Waals surface area contributed by atoms with Gasteiger partial charge in [0.05, 0.1) is 0 Å². The van der Waals surface area contributed by atoms with Gasteiger partial charge in [0.15, 0.2) is 17.3 Å². The number of amides is 1. The zero-order valence-electron chi connectivity index (χ0n) is 16.6. The highest BCUT2D eigenvalue weighted by Gasteiger charge is 2.47. The summed E-state index contributed by atoms with van der Waals surface area (Å²) >= 11 is 0. The fraction of sp³-hybridized carbons (Fsp3) is 0.500. The van der Waals surface area contributed by atoms with Crippen LogP contribution in [0.2, 0.25) is 0 Å². The number of carbonyl (C=O) groups excluding carboxylic acids is 1. The smallest absolute Gasteiger partial charge is 0.396 e. The summed E-state index contributed by atoms with van der Waals surface area (Å²) in [5.41, 5.74) is -0.607. The number of ether oxygens (including phenoxy) is 1. The number of hydrogen-bond donors (Lipinski definition) is 1. The van der Waals surface area contributed by atoms with Crippen LogP contribution in [-0.4, -0.2) is 42.2 Å². The summed E-state index contributed by atoms with van der Waals surface area (Å²) in [5.74, 6) is -5.63. The minimum atomic E-state index is -4.62. The molecule has 0 unspecified atom stereocenters. The molecule has 1 aliphatic carbocycles. The molecule has 174 valence electrons. The van der Waals surface area contributed by atoms with Crippen molar-refractivity contribution in [3.05, 3.63) is 35.5 Å². The number of rotatable bonds is 6. The molecule has 12 heteroatoms. The highest BCUT2D eigenvalue weighted by Crippen LogP contribution is 2.40. The first-order chi connectivity index (χ1) is 15.0. The van der Waals surface area contributed by atoms with E-state index in [0.29, 0.717) is 13.1 Å². The van der Waals surface area contributed by atoms with Crippen molar-refractivity contribution >= 4 is 17.6 Å². The molecule has 1 saturated carbocycles. The molecule has 0 spiro atoms. The first-order valence-electron chi connectivity index (χ1n) is 9.96. The van der Waals surface area contributed by atoms with Crippen LogP contribution in [0.4, 0.5) is 38.0 Å². The molecular formula is C20H19F6N3O3. The second-order valence-electron chi connectivity index (χ2n) is 7.86. The molecule has 1 N–H and O–H groups in total. The normalized spacial score (nSPS) is 18.5. The van der Waals surface area contributed by atoms with E-state index in [2.05, 4.69) is 10.3 Å². The number of nitrogens with one attached hydrogen (secondary N) is 1. The van der Waals surface area contributed by atoms with Crippen molar-refractivity contribution in [1.29, 1.82) is 0 Å². The van der Waals surface area contributed by atoms with E-state index in [9.17, 15) is 31.1 Å². The first kappa shape index (κ1) is 22.3. The maximum absolute atomic E-state index is 14.3. The zero-order chi connectivity index (χ0) is 23.1. The third-order valence-electron chi connectivity index (χ3n) is 5.17. The molecule has 2 fully saturated rings. The van der Waals surface area contributed by atoms with Crippen molar-refractivity contribution in [3.63, 3.8) is 0 Å². The molecule has 0 bridgehead atoms. The highest BCUT2D eigenvalue weighted by molar-refractivity contribution is 6.03. The standard InChI is InChI=1S/C20H19F6N3O3/c21-13-7-11(3-4-14(13)31-12-8-19(22,23)9-12)27-17(30)16-15(10-20(24,25)26)32-18(28-16)29-5-1-2-6-29/h3-4,7,12H,1-2,5-6,8-10H2,(H,27,30). The van der Waals surface area contributed by atoms with Gasteiger partial charge in [-0.1, -0.05) is 0 Å². The third-order valence-corrected chi connectivity index (χ3v) is 5.17. The maximum atomic E-state index is 14.3. The average Bonchev–Trinajstić information content (AvgIpc) is 3.30. The molecule has 0 radical (unpaired) electrons. The number of anilines is 2. The Morgan fingerprint density at radius 2 is 1.94 bits per heavy atom. The minimum absolute atomic E-state index is 0.0672. The van der Waals surface area contributed by atoms with E-state index in [1.165, 1.54) is 6.07 Å². The lowest BCUT2D eigenvalue weighted by Gasteiger charge is -2.34. The molecule has 1 aromatic carbocycles. The predicted octanol–water partition coefficient (Wildman–Crippen LogP) is 4.95. The van der Waals surface area contributed by atoms with Crippen LogP contribution >= 0.6 is 0 Å². The van der Waals surface area contributed by atoms with Crippen molar-refractivity contribution < 1.29 is 40.3 Å². The number of aromatic nitrogens is 1. The summed E-state index contributed by atoms with van der Waals surface area (Å²) in [5, 5.41) is 2.29. The number of hydrogen-bond acceptors (Lipinski definition) is 5. The van der Waals surface area contributed by atoms with Gasteiger partial charge in [0.2, 0.25) is 0 Å². The van der Waals surface area contributed by atoms with E-state index in [1.807, 2.05) is 0 Å². The number of nitrogens with zero attached hydrogens (tertiary/aromatic N) is 2. The lowest BCUT2D eigenvalue weighted by Crippen LogP contribution is -2.43. The van der Waals surface area contributed by atoms with Crippen LogP contribution in [0.3, 0.4) is 0 Å². The molecule has 1 saturated heterocycles. The average molecular weight is 463 g/mol. The van der Waals surface area contributed by atoms with Gasteiger partial charge in [0, 0.05) is 37.7 Å². The lowest BCUT2D eigenvalue weighted by atomic mass is 9.91. The molecular weight excluding hydrogens is 444 g/mol. The molecule has 32 heavy (non-hydrogen) atoms. The number of benzene rings is 1. The van der Waals surface area contributed by atoms with Gasteiger partial charge in [0.25, 0.3) is 17.8 Å². The highest BCUT2D eigenvalue weighted by atomic mass is 19.4. The second-order valence-corrected chi connectivity index (χ2v) is 7.86. The van der Waals surface area contributed by atoms with Crippen LogP contribution in [0.1, 0.15) is 41.9 Å². The van der Waals surface area contributed by atoms with Gasteiger partial charge in [0.1, 0.15) is 18.3 Å². The molecule has 0 atom stereocenters. The fourth-order valence-corrected chi connectivity index (χ4v) is 3.60. The summed E-state index contributed by atoms with van der Waals surface area (Å²) in [7, 11) is 0. The van der Waals surface area contributed by atoms with E-state index < -0.39 is 60.6 Å². The molecule has 6 nitrogen and oxygen atoms in total. The Hall–Kier alpha value is -2.92. The van der Waals surface area contributed by atoms with E-state index in [1.54, 1.807) is 4.90 Å². The summed E-state index contributed by atoms with van der Waals surface area (Å²) in [4.78, 5) is 18.2. The van der Waals surface area contributed by atoms with Gasteiger partial charge in [-0.3, -0.25) is 4.79 Å². The van der Waals surface area contributed by atoms with Crippen LogP contribution in [0.15, 0.2) is 22.6 Å². The second kappa shape index (κ2) is 8.21. The van der Waals surface area contributed by atoms with Crippen LogP contribution in [0.25, 0.3) is 0 Å². The van der Waals surface area contributed by atoms with Gasteiger partial charge in [-0.05, 0) is 25.0 Å². The Kier molecular flexibility index (Phi) is 5.72. The summed E-state index contributed by atoms with van der Waals surface area (Å²) < 4.78 is 89.3. The Balaban J connectivity index is 1.48. The van der Waals surface area contributed by atoms with Gasteiger partial charge in [-0.15, -0.1) is 0 Å². The summed E-state index contributed by atoms with van der Waals surface area (Å²) in [6, 6.07) is 3.21. The first-order valence-corrected chi connectivity index (χ1v) is 9.96. The van der Waals surface area contributed by atoms with Crippen molar-refractivity contribution in [2.24, 2.45) is 0 Å². The Morgan fingerprint density at radius 3 is 2.53 bits per heavy atom. The molecule has 1 aliphatic heterocycles. The Bertz CT molecular complexity index is 993. The predicted molar refractivity (Wildman–Crippen MR) is 101 cm³/mol. The Morgan fingerprint density at radius 1 is 1.25 bits per heavy atom. The molecule has 2 heterocycles. The van der Waals surface area contributed by atoms with Crippen LogP contribution in [-0.2, 0) is 6.42 Å². The van der Waals surface area contributed by atoms with Crippen molar-refractivity contribution in [1.82, 2.24) is 4.98 Å². The third kappa shape index (κ3) is 5.10. The van der Waals surface area contributed by atoms with Gasteiger partial charge < -0.3 is 19.4 Å². The minimum Gasteiger partial charge on any atom is -0.487 e. The maximum Gasteiger partial charge on any atom is 0.396 e. The number of carbonyl (C=O) groups is 1. The topological polar surface area (TPSA) is 67.6 Å². The van der Waals surface area contributed by atoms with E-state index in [-0.39, 0.29) is 17.5 Å². The summed E-state index contributed by atoms with van der Waals surface area (Å²) in [6.07, 6.45) is -6.31. The summed E-state index contributed by atoms with van der Waals surface area (Å²) in [6.45, 7) is 1.10. The molecule has 1 aromatic heterocycles. The zero-order valence-corrected chi connectivity index (χ0v) is 16.6. The van der Waals surface area contributed by atoms with Crippen molar-refractivity contribution in [2.75, 3.05) is 23.3 Å². The largest absolute Gasteiger partial charge is 0.487 e. The van der Waals surface area contributed by atoms with Crippen molar-refractivity contribution in [2.45, 2.75) is 50.3 Å². The quantitative estimate of drug-likeness (QED) is 0.615. The van der Waals surface area contributed by atoms with Gasteiger partial charge in [-0.25, -0.2) is 13.2 Å². The number of halogens is 6. The van der Waals surface area contributed by atoms with Gasteiger partial charge >= 0.3 is 6.18 Å². The van der Waals surface area contributed by atoms with Crippen molar-refractivity contribution in [3.8, 4) is 5.75 Å². The molecule has 1 amide bonds. The monoisotopic (exact) mass is 463 g/mol. The number of oxazole rings is 1. The van der Waals surface area contributed by atoms with Crippen LogP contribution in [0.5, 0.6) is 5.75 Å². The molecule has 4 rings (SSSR count). The van der Waals surface area contributed by atoms with E-state index >= 15 is 0 Å². The van der Waals surface area contributed by atoms with E-state index in [0.717, 1.165) is 25.0 Å². The number of alkyl halides is 5. The van der Waals surface area contributed by atoms with E-state index in [4.69, 9.17) is 9.15 Å². The lowest BCUT2D eigenvalue weighted by molar-refractivity contribution is -0.135.